The summed E-state index contributed by atoms with van der Waals surface area (Å²) in [5, 5.41) is 20.2. The molecular formula is C18H23N5O. The number of ether oxygens (including phenoxy) is 1. The van der Waals surface area contributed by atoms with Crippen molar-refractivity contribution in [3.63, 3.8) is 0 Å². The summed E-state index contributed by atoms with van der Waals surface area (Å²) < 4.78 is 7.84. The number of hydrogen-bond acceptors (Lipinski definition) is 5. The Hall–Kier alpha value is -2.39. The molecule has 0 spiro atoms. The van der Waals surface area contributed by atoms with E-state index in [4.69, 9.17) is 10.00 Å². The van der Waals surface area contributed by atoms with Crippen molar-refractivity contribution >= 4 is 0 Å². The summed E-state index contributed by atoms with van der Waals surface area (Å²) in [7, 11) is 0. The van der Waals surface area contributed by atoms with Gasteiger partial charge in [-0.15, -0.1) is 10.2 Å². The van der Waals surface area contributed by atoms with Crippen LogP contribution in [0, 0.1) is 17.2 Å². The van der Waals surface area contributed by atoms with E-state index in [-0.39, 0.29) is 0 Å². The van der Waals surface area contributed by atoms with Crippen molar-refractivity contribution in [3.8, 4) is 11.8 Å². The maximum atomic E-state index is 8.53. The molecule has 6 nitrogen and oxygen atoms in total. The van der Waals surface area contributed by atoms with Crippen molar-refractivity contribution < 1.29 is 4.74 Å². The van der Waals surface area contributed by atoms with Crippen LogP contribution in [-0.4, -0.2) is 27.9 Å². The molecule has 24 heavy (non-hydrogen) atoms. The molecule has 1 atom stereocenters. The Morgan fingerprint density at radius 3 is 3.29 bits per heavy atom. The van der Waals surface area contributed by atoms with E-state index in [1.807, 2.05) is 18.5 Å². The fourth-order valence-corrected chi connectivity index (χ4v) is 3.00. The highest BCUT2D eigenvalue weighted by atomic mass is 16.5. The number of benzene rings is 1. The number of nitriles is 1. The summed E-state index contributed by atoms with van der Waals surface area (Å²) in [6.45, 7) is 3.41. The van der Waals surface area contributed by atoms with Gasteiger partial charge in [0.05, 0.1) is 12.7 Å². The molecular weight excluding hydrogens is 302 g/mol. The van der Waals surface area contributed by atoms with Gasteiger partial charge in [-0.25, -0.2) is 0 Å². The van der Waals surface area contributed by atoms with Crippen molar-refractivity contribution in [2.45, 2.75) is 38.8 Å². The van der Waals surface area contributed by atoms with E-state index in [1.54, 1.807) is 0 Å². The van der Waals surface area contributed by atoms with E-state index in [2.05, 4.69) is 38.3 Å². The Bertz CT molecular complexity index is 691. The third-order valence-electron chi connectivity index (χ3n) is 4.29. The second-order valence-electron chi connectivity index (χ2n) is 6.19. The molecule has 0 fully saturated rings. The van der Waals surface area contributed by atoms with Gasteiger partial charge in [0.2, 0.25) is 0 Å². The molecule has 0 unspecified atom stereocenters. The highest BCUT2D eigenvalue weighted by Gasteiger charge is 2.18. The molecule has 1 aromatic carbocycles. The largest absolute Gasteiger partial charge is 0.494 e. The molecule has 0 aliphatic carbocycles. The van der Waals surface area contributed by atoms with Crippen molar-refractivity contribution in [2.75, 3.05) is 13.2 Å². The van der Waals surface area contributed by atoms with E-state index in [1.165, 1.54) is 5.56 Å². The summed E-state index contributed by atoms with van der Waals surface area (Å²) >= 11 is 0. The van der Waals surface area contributed by atoms with Crippen LogP contribution in [0.1, 0.15) is 30.7 Å². The molecule has 0 amide bonds. The van der Waals surface area contributed by atoms with Crippen molar-refractivity contribution in [2.24, 2.45) is 5.92 Å². The average Bonchev–Trinajstić information content (AvgIpc) is 3.07. The molecule has 0 bridgehead atoms. The van der Waals surface area contributed by atoms with Gasteiger partial charge in [-0.3, -0.25) is 0 Å². The van der Waals surface area contributed by atoms with Crippen LogP contribution in [0.25, 0.3) is 0 Å². The van der Waals surface area contributed by atoms with Gasteiger partial charge in [0.15, 0.2) is 0 Å². The van der Waals surface area contributed by atoms with Crippen molar-refractivity contribution in [1.82, 2.24) is 20.1 Å². The lowest BCUT2D eigenvalue weighted by molar-refractivity contribution is 0.312. The van der Waals surface area contributed by atoms with E-state index >= 15 is 0 Å². The van der Waals surface area contributed by atoms with Crippen molar-refractivity contribution in [1.29, 1.82) is 5.26 Å². The molecule has 0 saturated carbocycles. The fourth-order valence-electron chi connectivity index (χ4n) is 3.00. The lowest BCUT2D eigenvalue weighted by atomic mass is 9.99. The van der Waals surface area contributed by atoms with E-state index in [0.29, 0.717) is 18.9 Å². The first-order chi connectivity index (χ1) is 11.8. The predicted octanol–water partition coefficient (Wildman–Crippen LogP) is 2.31. The third kappa shape index (κ3) is 4.56. The number of rotatable bonds is 8. The highest BCUT2D eigenvalue weighted by molar-refractivity contribution is 5.28. The van der Waals surface area contributed by atoms with Gasteiger partial charge in [-0.05, 0) is 43.0 Å². The molecule has 1 N–H and O–H groups in total. The number of nitrogens with one attached hydrogen (secondary N) is 1. The fraction of sp³-hybridized carbons (Fsp3) is 0.500. The zero-order chi connectivity index (χ0) is 16.6. The number of nitrogens with zero attached hydrogens (tertiary/aromatic N) is 4. The second-order valence-corrected chi connectivity index (χ2v) is 6.19. The van der Waals surface area contributed by atoms with Gasteiger partial charge in [-0.2, -0.15) is 5.26 Å². The van der Waals surface area contributed by atoms with Gasteiger partial charge in [0.25, 0.3) is 0 Å². The molecule has 2 heterocycles. The van der Waals surface area contributed by atoms with Gasteiger partial charge >= 0.3 is 0 Å². The maximum absolute atomic E-state index is 8.53. The Labute approximate surface area is 142 Å². The number of aromatic nitrogens is 3. The summed E-state index contributed by atoms with van der Waals surface area (Å²) in [5.41, 5.74) is 1.22. The number of fused-ring (bicyclic) bond motifs is 1. The monoisotopic (exact) mass is 325 g/mol. The number of hydrogen-bond donors (Lipinski definition) is 1. The lowest BCUT2D eigenvalue weighted by Crippen LogP contribution is -2.29. The minimum absolute atomic E-state index is 0.538. The molecule has 3 rings (SSSR count). The van der Waals surface area contributed by atoms with Gasteiger partial charge in [0.1, 0.15) is 17.9 Å². The highest BCUT2D eigenvalue weighted by Crippen LogP contribution is 2.18. The Morgan fingerprint density at radius 1 is 1.42 bits per heavy atom. The van der Waals surface area contributed by atoms with Crippen LogP contribution < -0.4 is 10.1 Å². The molecule has 0 radical (unpaired) electrons. The van der Waals surface area contributed by atoms with Crippen LogP contribution in [0.5, 0.6) is 5.75 Å². The SMILES string of the molecule is N#CCCCOc1cccc(CNC[C@@H]2CCc3nncn3C2)c1. The molecule has 126 valence electrons. The van der Waals surface area contributed by atoms with Gasteiger partial charge in [-0.1, -0.05) is 12.1 Å². The average molecular weight is 325 g/mol. The molecule has 1 aliphatic heterocycles. The Kier molecular flexibility index (Phi) is 5.80. The Morgan fingerprint density at radius 2 is 2.38 bits per heavy atom. The summed E-state index contributed by atoms with van der Waals surface area (Å²) in [6, 6.07) is 10.3. The molecule has 2 aromatic rings. The van der Waals surface area contributed by atoms with Gasteiger partial charge in [0, 0.05) is 25.9 Å². The Balaban J connectivity index is 1.41. The van der Waals surface area contributed by atoms with E-state index < -0.39 is 0 Å². The van der Waals surface area contributed by atoms with Crippen LogP contribution in [0.15, 0.2) is 30.6 Å². The standard InChI is InChI=1S/C18H23N5O/c19-8-1-2-9-24-17-5-3-4-15(10-17)11-20-12-16-6-7-18-22-21-14-23(18)13-16/h3-5,10,14,16,20H,1-2,6-7,9,11-13H2/t16-/m0/s1. The van der Waals surface area contributed by atoms with Crippen LogP contribution >= 0.6 is 0 Å². The van der Waals surface area contributed by atoms with Crippen LogP contribution in [0.4, 0.5) is 0 Å². The van der Waals surface area contributed by atoms with E-state index in [0.717, 1.165) is 50.5 Å². The summed E-state index contributed by atoms with van der Waals surface area (Å²) in [6.07, 6.45) is 5.31. The topological polar surface area (TPSA) is 75.8 Å². The number of aryl methyl sites for hydroxylation is 1. The minimum Gasteiger partial charge on any atom is -0.494 e. The second kappa shape index (κ2) is 8.46. The maximum Gasteiger partial charge on any atom is 0.132 e. The molecule has 0 saturated heterocycles. The third-order valence-corrected chi connectivity index (χ3v) is 4.29. The molecule has 1 aliphatic rings. The smallest absolute Gasteiger partial charge is 0.132 e. The normalized spacial score (nSPS) is 16.4. The lowest BCUT2D eigenvalue weighted by Gasteiger charge is -2.23. The van der Waals surface area contributed by atoms with Crippen molar-refractivity contribution in [3.05, 3.63) is 42.0 Å². The first-order valence-corrected chi connectivity index (χ1v) is 8.51. The zero-order valence-corrected chi connectivity index (χ0v) is 13.8. The number of unbranched alkanes of at least 4 members (excludes halogenated alkanes) is 1. The molecule has 6 heteroatoms. The van der Waals surface area contributed by atoms with Gasteiger partial charge < -0.3 is 14.6 Å². The zero-order valence-electron chi connectivity index (χ0n) is 13.8. The van der Waals surface area contributed by atoms with Crippen LogP contribution in [0.3, 0.4) is 0 Å². The predicted molar refractivity (Wildman–Crippen MR) is 90.3 cm³/mol. The minimum atomic E-state index is 0.538. The first-order valence-electron chi connectivity index (χ1n) is 8.51. The summed E-state index contributed by atoms with van der Waals surface area (Å²) in [4.78, 5) is 0. The van der Waals surface area contributed by atoms with Crippen LogP contribution in [0.2, 0.25) is 0 Å². The quantitative estimate of drug-likeness (QED) is 0.754. The first kappa shape index (κ1) is 16.5. The molecule has 1 aromatic heterocycles. The van der Waals surface area contributed by atoms with E-state index in [9.17, 15) is 0 Å². The summed E-state index contributed by atoms with van der Waals surface area (Å²) in [5.74, 6) is 2.60. The van der Waals surface area contributed by atoms with Crippen LogP contribution in [-0.2, 0) is 19.5 Å².